The smallest absolute Gasteiger partial charge is 0.323 e. The minimum atomic E-state index is -0.0842. The number of benzene rings is 1. The van der Waals surface area contributed by atoms with Gasteiger partial charge in [-0.25, -0.2) is 0 Å². The van der Waals surface area contributed by atoms with Crippen molar-refractivity contribution >= 4 is 5.97 Å². The Balaban J connectivity index is 1.72. The van der Waals surface area contributed by atoms with Crippen LogP contribution in [-0.2, 0) is 16.0 Å². The number of hydrogen-bond donors (Lipinski definition) is 1. The van der Waals surface area contributed by atoms with Crippen molar-refractivity contribution in [3.05, 3.63) is 35.4 Å². The predicted molar refractivity (Wildman–Crippen MR) is 69.2 cm³/mol. The highest BCUT2D eigenvalue weighted by Crippen LogP contribution is 2.32. The molecular weight excluding hydrogens is 226 g/mol. The molecule has 1 heterocycles. The SMILES string of the molecule is O=C(OC1CCCc2ccccc21)[C@@H]1CCCN1. The highest BCUT2D eigenvalue weighted by atomic mass is 16.5. The summed E-state index contributed by atoms with van der Waals surface area (Å²) in [6.07, 6.45) is 5.10. The second-order valence-corrected chi connectivity index (χ2v) is 5.17. The topological polar surface area (TPSA) is 38.3 Å². The molecule has 2 atom stereocenters. The summed E-state index contributed by atoms with van der Waals surface area (Å²) >= 11 is 0. The van der Waals surface area contributed by atoms with E-state index in [-0.39, 0.29) is 18.1 Å². The molecule has 3 nitrogen and oxygen atoms in total. The van der Waals surface area contributed by atoms with Crippen molar-refractivity contribution in [3.8, 4) is 0 Å². The van der Waals surface area contributed by atoms with E-state index in [4.69, 9.17) is 4.74 Å². The minimum Gasteiger partial charge on any atom is -0.456 e. The standard InChI is InChI=1S/C15H19NO2/c17-15(13-8-4-10-16-13)18-14-9-3-6-11-5-1-2-7-12(11)14/h1-2,5,7,13-14,16H,3-4,6,8-10H2/t13-,14?/m0/s1. The first-order chi connectivity index (χ1) is 8.84. The van der Waals surface area contributed by atoms with Gasteiger partial charge in [0.05, 0.1) is 0 Å². The van der Waals surface area contributed by atoms with Crippen LogP contribution in [0.1, 0.15) is 42.9 Å². The van der Waals surface area contributed by atoms with Crippen molar-refractivity contribution in [1.82, 2.24) is 5.32 Å². The van der Waals surface area contributed by atoms with Crippen molar-refractivity contribution in [2.45, 2.75) is 44.2 Å². The number of carbonyl (C=O) groups excluding carboxylic acids is 1. The van der Waals surface area contributed by atoms with E-state index in [2.05, 4.69) is 23.5 Å². The van der Waals surface area contributed by atoms with Crippen molar-refractivity contribution in [1.29, 1.82) is 0 Å². The molecule has 1 fully saturated rings. The van der Waals surface area contributed by atoms with Gasteiger partial charge in [0.2, 0.25) is 0 Å². The van der Waals surface area contributed by atoms with Gasteiger partial charge < -0.3 is 10.1 Å². The fourth-order valence-electron chi connectivity index (χ4n) is 2.94. The van der Waals surface area contributed by atoms with Crippen molar-refractivity contribution in [2.24, 2.45) is 0 Å². The van der Waals surface area contributed by atoms with Crippen molar-refractivity contribution < 1.29 is 9.53 Å². The lowest BCUT2D eigenvalue weighted by Crippen LogP contribution is -2.33. The maximum atomic E-state index is 12.0. The Kier molecular flexibility index (Phi) is 3.33. The Labute approximate surface area is 108 Å². The van der Waals surface area contributed by atoms with Crippen LogP contribution in [0.15, 0.2) is 24.3 Å². The molecule has 0 radical (unpaired) electrons. The number of esters is 1. The summed E-state index contributed by atoms with van der Waals surface area (Å²) in [6.45, 7) is 0.932. The van der Waals surface area contributed by atoms with Gasteiger partial charge in [0.15, 0.2) is 0 Å². The first-order valence-electron chi connectivity index (χ1n) is 6.86. The largest absolute Gasteiger partial charge is 0.456 e. The van der Waals surface area contributed by atoms with Crippen LogP contribution in [0.2, 0.25) is 0 Å². The van der Waals surface area contributed by atoms with Crippen LogP contribution < -0.4 is 5.32 Å². The third-order valence-corrected chi connectivity index (χ3v) is 3.92. The molecule has 96 valence electrons. The summed E-state index contributed by atoms with van der Waals surface area (Å²) in [6, 6.07) is 8.23. The molecule has 0 amide bonds. The Hall–Kier alpha value is -1.35. The highest BCUT2D eigenvalue weighted by Gasteiger charge is 2.28. The lowest BCUT2D eigenvalue weighted by atomic mass is 9.89. The molecule has 2 aliphatic rings. The number of aryl methyl sites for hydroxylation is 1. The van der Waals surface area contributed by atoms with E-state index >= 15 is 0 Å². The number of rotatable bonds is 2. The zero-order valence-corrected chi connectivity index (χ0v) is 10.5. The molecule has 18 heavy (non-hydrogen) atoms. The molecule has 3 rings (SSSR count). The average molecular weight is 245 g/mol. The first-order valence-corrected chi connectivity index (χ1v) is 6.86. The highest BCUT2D eigenvalue weighted by molar-refractivity contribution is 5.76. The van der Waals surface area contributed by atoms with Crippen molar-refractivity contribution in [2.75, 3.05) is 6.54 Å². The van der Waals surface area contributed by atoms with E-state index in [0.29, 0.717) is 0 Å². The van der Waals surface area contributed by atoms with Crippen molar-refractivity contribution in [3.63, 3.8) is 0 Å². The molecule has 1 aliphatic carbocycles. The fourth-order valence-corrected chi connectivity index (χ4v) is 2.94. The minimum absolute atomic E-state index is 0.0372. The summed E-state index contributed by atoms with van der Waals surface area (Å²) in [4.78, 5) is 12.0. The molecule has 1 unspecified atom stereocenters. The van der Waals surface area contributed by atoms with Crippen LogP contribution in [0.3, 0.4) is 0 Å². The molecule has 1 aliphatic heterocycles. The zero-order valence-electron chi connectivity index (χ0n) is 10.5. The molecular formula is C15H19NO2. The zero-order chi connectivity index (χ0) is 12.4. The monoisotopic (exact) mass is 245 g/mol. The van der Waals surface area contributed by atoms with E-state index in [1.165, 1.54) is 11.1 Å². The van der Waals surface area contributed by atoms with Gasteiger partial charge in [0.1, 0.15) is 12.1 Å². The third kappa shape index (κ3) is 2.27. The van der Waals surface area contributed by atoms with Crippen LogP contribution in [-0.4, -0.2) is 18.6 Å². The van der Waals surface area contributed by atoms with Crippen LogP contribution in [0, 0.1) is 0 Å². The van der Waals surface area contributed by atoms with E-state index in [1.54, 1.807) is 0 Å². The number of fused-ring (bicyclic) bond motifs is 1. The first kappa shape index (κ1) is 11.7. The van der Waals surface area contributed by atoms with Crippen LogP contribution >= 0.6 is 0 Å². The van der Waals surface area contributed by atoms with E-state index in [9.17, 15) is 4.79 Å². The Morgan fingerprint density at radius 1 is 1.22 bits per heavy atom. The quantitative estimate of drug-likeness (QED) is 0.813. The second kappa shape index (κ2) is 5.11. The Bertz CT molecular complexity index is 438. The Morgan fingerprint density at radius 3 is 2.94 bits per heavy atom. The van der Waals surface area contributed by atoms with Gasteiger partial charge >= 0.3 is 5.97 Å². The number of nitrogens with one attached hydrogen (secondary N) is 1. The van der Waals surface area contributed by atoms with E-state index in [1.807, 2.05) is 6.07 Å². The molecule has 1 saturated heterocycles. The summed E-state index contributed by atoms with van der Waals surface area (Å²) in [5, 5.41) is 3.20. The predicted octanol–water partition coefficient (Wildman–Crippen LogP) is 2.36. The molecule has 0 spiro atoms. The maximum Gasteiger partial charge on any atom is 0.323 e. The molecule has 0 aromatic heterocycles. The lowest BCUT2D eigenvalue weighted by molar-refractivity contribution is -0.152. The summed E-state index contributed by atoms with van der Waals surface area (Å²) < 4.78 is 5.70. The summed E-state index contributed by atoms with van der Waals surface area (Å²) in [7, 11) is 0. The molecule has 1 aromatic carbocycles. The van der Waals surface area contributed by atoms with E-state index < -0.39 is 0 Å². The molecule has 0 saturated carbocycles. The van der Waals surface area contributed by atoms with Gasteiger partial charge in [-0.3, -0.25) is 4.79 Å². The van der Waals surface area contributed by atoms with Crippen LogP contribution in [0.5, 0.6) is 0 Å². The maximum absolute atomic E-state index is 12.0. The molecule has 3 heteroatoms. The fraction of sp³-hybridized carbons (Fsp3) is 0.533. The van der Waals surface area contributed by atoms with Gasteiger partial charge in [-0.2, -0.15) is 0 Å². The number of hydrogen-bond acceptors (Lipinski definition) is 3. The second-order valence-electron chi connectivity index (χ2n) is 5.17. The van der Waals surface area contributed by atoms with Gasteiger partial charge in [0.25, 0.3) is 0 Å². The average Bonchev–Trinajstić information content (AvgIpc) is 2.93. The number of ether oxygens (including phenoxy) is 1. The summed E-state index contributed by atoms with van der Waals surface area (Å²) in [5.41, 5.74) is 2.54. The molecule has 0 bridgehead atoms. The molecule has 1 N–H and O–H groups in total. The van der Waals surface area contributed by atoms with Gasteiger partial charge in [-0.05, 0) is 49.8 Å². The van der Waals surface area contributed by atoms with E-state index in [0.717, 1.165) is 38.6 Å². The van der Waals surface area contributed by atoms with Gasteiger partial charge in [-0.1, -0.05) is 24.3 Å². The number of carbonyl (C=O) groups is 1. The molecule has 1 aromatic rings. The van der Waals surface area contributed by atoms with Crippen LogP contribution in [0.4, 0.5) is 0 Å². The lowest BCUT2D eigenvalue weighted by Gasteiger charge is -2.26. The van der Waals surface area contributed by atoms with Crippen LogP contribution in [0.25, 0.3) is 0 Å². The van der Waals surface area contributed by atoms with Gasteiger partial charge in [0, 0.05) is 0 Å². The summed E-state index contributed by atoms with van der Waals surface area (Å²) in [5.74, 6) is -0.0748. The normalized spacial score (nSPS) is 26.7. The Morgan fingerprint density at radius 2 is 2.11 bits per heavy atom. The third-order valence-electron chi connectivity index (χ3n) is 3.92. The van der Waals surface area contributed by atoms with Gasteiger partial charge in [-0.15, -0.1) is 0 Å².